The molecule has 0 rings (SSSR count). The Morgan fingerprint density at radius 3 is 1.33 bits per heavy atom. The van der Waals surface area contributed by atoms with Crippen LogP contribution in [0.15, 0.2) is 0 Å². The minimum atomic E-state index is -5.07. The molecule has 2 atom stereocenters. The van der Waals surface area contributed by atoms with Gasteiger partial charge >= 0.3 is 47.5 Å². The van der Waals surface area contributed by atoms with Gasteiger partial charge < -0.3 is 25.2 Å². The Hall–Kier alpha value is -1.21. The fourth-order valence-corrected chi connectivity index (χ4v) is 4.90. The van der Waals surface area contributed by atoms with Crippen LogP contribution in [-0.4, -0.2) is 63.9 Å². The van der Waals surface area contributed by atoms with Crippen LogP contribution < -0.4 is 34.9 Å². The fraction of sp³-hybridized carbons (Fsp3) is 0.846. The molecule has 39 heavy (non-hydrogen) atoms. The van der Waals surface area contributed by atoms with Crippen LogP contribution in [0.3, 0.4) is 0 Å². The van der Waals surface area contributed by atoms with Crippen molar-refractivity contribution in [3.63, 3.8) is 0 Å². The van der Waals surface area contributed by atoms with Crippen LogP contribution in [0.2, 0.25) is 0 Å². The molecule has 0 fully saturated rings. The Bertz CT molecular complexity index is 807. The Morgan fingerprint density at radius 1 is 0.615 bits per heavy atom. The van der Waals surface area contributed by atoms with Gasteiger partial charge in [-0.1, -0.05) is 96.3 Å². The summed E-state index contributed by atoms with van der Waals surface area (Å²) in [6.07, 6.45) is 16.5. The van der Waals surface area contributed by atoms with Crippen molar-refractivity contribution in [1.29, 1.82) is 0 Å². The maximum Gasteiger partial charge on any atom is 1.00 e. The van der Waals surface area contributed by atoms with Crippen LogP contribution in [0.25, 0.3) is 0 Å². The van der Waals surface area contributed by atoms with E-state index in [9.17, 15) is 32.1 Å². The largest absolute Gasteiger partial charge is 1.00 e. The molecule has 1 amide bonds. The van der Waals surface area contributed by atoms with Crippen LogP contribution in [0.4, 0.5) is 0 Å². The van der Waals surface area contributed by atoms with Crippen LogP contribution in [0.5, 0.6) is 0 Å². The minimum Gasteiger partial charge on any atom is -0.747 e. The number of rotatable bonds is 26. The van der Waals surface area contributed by atoms with Gasteiger partial charge in [0.05, 0.1) is 18.8 Å². The van der Waals surface area contributed by atoms with Gasteiger partial charge in [0, 0.05) is 6.54 Å². The summed E-state index contributed by atoms with van der Waals surface area (Å²) >= 11 is 0. The van der Waals surface area contributed by atoms with Crippen molar-refractivity contribution in [2.24, 2.45) is 5.92 Å². The van der Waals surface area contributed by atoms with E-state index in [-0.39, 0.29) is 36.0 Å². The third kappa shape index (κ3) is 24.3. The molecule has 0 spiro atoms. The van der Waals surface area contributed by atoms with Crippen LogP contribution in [-0.2, 0) is 29.3 Å². The number of hydrogen-bond acceptors (Lipinski definition) is 7. The Morgan fingerprint density at radius 2 is 1.00 bits per heavy atom. The monoisotopic (exact) mass is 587 g/mol. The molecule has 0 saturated carbocycles. The van der Waals surface area contributed by atoms with Crippen molar-refractivity contribution < 1.29 is 77.0 Å². The van der Waals surface area contributed by atoms with Crippen LogP contribution in [0, 0.1) is 5.92 Å². The molecule has 13 heteroatoms. The van der Waals surface area contributed by atoms with Gasteiger partial charge in [0.1, 0.15) is 10.1 Å². The third-order valence-electron chi connectivity index (χ3n) is 6.57. The zero-order valence-electron chi connectivity index (χ0n) is 23.4. The summed E-state index contributed by atoms with van der Waals surface area (Å²) in [4.78, 5) is 44.1. The van der Waals surface area contributed by atoms with E-state index in [1.54, 1.807) is 0 Å². The van der Waals surface area contributed by atoms with Crippen molar-refractivity contribution >= 4 is 33.9 Å². The van der Waals surface area contributed by atoms with E-state index in [0.717, 1.165) is 51.4 Å². The summed E-state index contributed by atoms with van der Waals surface area (Å²) in [5, 5.41) is 26.7. The van der Waals surface area contributed by atoms with E-state index < -0.39 is 51.5 Å². The SMILES string of the molecule is O=C(O)CC(CCCCCCCCCCCCCCCCCCNC(=O)CC(C(=O)O)S(=O)(=O)[O-])C(=O)O.[Na+]. The number of unbranched alkanes of at least 4 members (excludes halogenated alkanes) is 15. The maximum absolute atomic E-state index is 11.6. The molecule has 11 nitrogen and oxygen atoms in total. The molecule has 0 aliphatic rings. The summed E-state index contributed by atoms with van der Waals surface area (Å²) in [5.41, 5.74) is 0. The van der Waals surface area contributed by atoms with Crippen molar-refractivity contribution in [1.82, 2.24) is 5.32 Å². The van der Waals surface area contributed by atoms with E-state index in [1.165, 1.54) is 44.9 Å². The van der Waals surface area contributed by atoms with Gasteiger partial charge in [-0.3, -0.25) is 19.2 Å². The molecule has 0 radical (unpaired) electrons. The average Bonchev–Trinajstić information content (AvgIpc) is 2.81. The molecule has 2 unspecified atom stereocenters. The van der Waals surface area contributed by atoms with Gasteiger partial charge in [-0.15, -0.1) is 0 Å². The number of carboxylic acids is 3. The number of hydrogen-bond donors (Lipinski definition) is 4. The zero-order chi connectivity index (χ0) is 28.8. The minimum absolute atomic E-state index is 0. The summed E-state index contributed by atoms with van der Waals surface area (Å²) in [6, 6.07) is 0. The second-order valence-electron chi connectivity index (χ2n) is 9.95. The number of aliphatic carboxylic acids is 3. The average molecular weight is 588 g/mol. The summed E-state index contributed by atoms with van der Waals surface area (Å²) < 4.78 is 32.6. The van der Waals surface area contributed by atoms with Gasteiger partial charge in [0.15, 0.2) is 5.25 Å². The molecule has 0 saturated heterocycles. The first-order valence-corrected chi connectivity index (χ1v) is 15.3. The fourth-order valence-electron chi connectivity index (χ4n) is 4.30. The molecule has 222 valence electrons. The van der Waals surface area contributed by atoms with Crippen molar-refractivity contribution in [3.8, 4) is 0 Å². The molecular weight excluding hydrogens is 541 g/mol. The van der Waals surface area contributed by atoms with Gasteiger partial charge in [-0.25, -0.2) is 8.42 Å². The summed E-state index contributed by atoms with van der Waals surface area (Å²) in [7, 11) is -5.07. The molecule has 0 aliphatic heterocycles. The predicted molar refractivity (Wildman–Crippen MR) is 141 cm³/mol. The Balaban J connectivity index is 0. The van der Waals surface area contributed by atoms with Crippen LogP contribution in [0.1, 0.15) is 122 Å². The first-order chi connectivity index (χ1) is 17.9. The second kappa shape index (κ2) is 24.6. The molecule has 0 aromatic heterocycles. The van der Waals surface area contributed by atoms with Crippen molar-refractivity contribution in [2.45, 2.75) is 127 Å². The molecular formula is C26H46NNaO10S. The normalized spacial score (nSPS) is 12.7. The second-order valence-corrected chi connectivity index (χ2v) is 11.5. The Labute approximate surface area is 254 Å². The first-order valence-electron chi connectivity index (χ1n) is 13.8. The van der Waals surface area contributed by atoms with Crippen molar-refractivity contribution in [3.05, 3.63) is 0 Å². The zero-order valence-corrected chi connectivity index (χ0v) is 26.2. The van der Waals surface area contributed by atoms with E-state index in [4.69, 9.17) is 15.3 Å². The molecule has 4 N–H and O–H groups in total. The van der Waals surface area contributed by atoms with E-state index in [0.29, 0.717) is 19.4 Å². The third-order valence-corrected chi connectivity index (χ3v) is 7.63. The smallest absolute Gasteiger partial charge is 0.747 e. The Kier molecular flexibility index (Phi) is 25.2. The molecule has 0 heterocycles. The molecule has 0 aliphatic carbocycles. The molecule has 0 bridgehead atoms. The van der Waals surface area contributed by atoms with Crippen molar-refractivity contribution in [2.75, 3.05) is 6.54 Å². The summed E-state index contributed by atoms with van der Waals surface area (Å²) in [5.74, 6) is -5.44. The van der Waals surface area contributed by atoms with Crippen LogP contribution >= 0.6 is 0 Å². The number of nitrogens with one attached hydrogen (secondary N) is 1. The van der Waals surface area contributed by atoms with E-state index in [2.05, 4.69) is 5.32 Å². The maximum atomic E-state index is 11.6. The quantitative estimate of drug-likeness (QED) is 0.0650. The van der Waals surface area contributed by atoms with Gasteiger partial charge in [0.25, 0.3) is 0 Å². The van der Waals surface area contributed by atoms with Gasteiger partial charge in [0.2, 0.25) is 5.91 Å². The molecule has 0 aromatic rings. The first kappa shape index (κ1) is 39.9. The molecule has 0 aromatic carbocycles. The van der Waals surface area contributed by atoms with Gasteiger partial charge in [-0.05, 0) is 12.8 Å². The number of carbonyl (C=O) groups is 4. The summed E-state index contributed by atoms with van der Waals surface area (Å²) in [6.45, 7) is 0.321. The van der Waals surface area contributed by atoms with Gasteiger partial charge in [-0.2, -0.15) is 0 Å². The predicted octanol–water partition coefficient (Wildman–Crippen LogP) is 1.30. The van der Waals surface area contributed by atoms with E-state index in [1.807, 2.05) is 0 Å². The number of carboxylic acid groups (broad SMARTS) is 3. The number of amides is 1. The standard InChI is InChI=1S/C26H47NO10S.Na/c28-23(20-22(26(33)34)38(35,36)37)27-18-16-14-12-10-8-6-4-2-1-3-5-7-9-11-13-15-17-21(25(31)32)19-24(29)30;/h21-22H,1-20H2,(H,27,28)(H,29,30)(H,31,32)(H,33,34)(H,35,36,37);/q;+1/p-1. The number of carbonyl (C=O) groups excluding carboxylic acids is 1. The topological polar surface area (TPSA) is 198 Å². The van der Waals surface area contributed by atoms with E-state index >= 15 is 0 Å².